The van der Waals surface area contributed by atoms with Crippen molar-refractivity contribution in [2.75, 3.05) is 28.9 Å². The molecule has 0 amide bonds. The van der Waals surface area contributed by atoms with Gasteiger partial charge in [0.05, 0.1) is 17.0 Å². The van der Waals surface area contributed by atoms with Crippen LogP contribution in [0.15, 0.2) is 36.7 Å². The third-order valence-electron chi connectivity index (χ3n) is 8.31. The molecular formula is C28H30F4N6O3S. The van der Waals surface area contributed by atoms with E-state index >= 15 is 13.2 Å². The van der Waals surface area contributed by atoms with Gasteiger partial charge in [-0.2, -0.15) is 4.39 Å². The van der Waals surface area contributed by atoms with E-state index in [0.717, 1.165) is 32.1 Å². The quantitative estimate of drug-likeness (QED) is 0.225. The van der Waals surface area contributed by atoms with Crippen molar-refractivity contribution in [3.63, 3.8) is 0 Å². The maximum absolute atomic E-state index is 15.1. The van der Waals surface area contributed by atoms with Crippen LogP contribution in [0, 0.1) is 28.8 Å². The van der Waals surface area contributed by atoms with E-state index in [9.17, 15) is 12.8 Å². The lowest BCUT2D eigenvalue weighted by Crippen LogP contribution is -2.44. The van der Waals surface area contributed by atoms with Gasteiger partial charge in [-0.05, 0) is 61.6 Å². The fourth-order valence-electron chi connectivity index (χ4n) is 6.38. The van der Waals surface area contributed by atoms with Gasteiger partial charge in [0.2, 0.25) is 27.7 Å². The molecule has 42 heavy (non-hydrogen) atoms. The van der Waals surface area contributed by atoms with E-state index in [1.165, 1.54) is 18.5 Å². The zero-order valence-corrected chi connectivity index (χ0v) is 23.4. The summed E-state index contributed by atoms with van der Waals surface area (Å²) in [5, 5.41) is 6.05. The Kier molecular flexibility index (Phi) is 7.68. The standard InChI is InChI=1S/C28H30F4N6O3S/c29-17-10-18(14-33-13-17)36-27-35-9-5-21(37-27)19-2-1-8-34-26(19)41-22-11-20(30)25(24(32)23(22)31)38-42(39,40)15-28-6-3-16(12-28)4-7-28/h1-2,5,8-9,11,16-18,33,38H,3-4,6-7,10,12-15H2,(H,35,36,37)/t16?,17-,18-,28?/m0/s1. The topological polar surface area (TPSA) is 118 Å². The summed E-state index contributed by atoms with van der Waals surface area (Å²) < 4.78 is 92.2. The summed E-state index contributed by atoms with van der Waals surface area (Å²) in [6.07, 6.45) is 6.24. The molecule has 3 heterocycles. The van der Waals surface area contributed by atoms with Crippen LogP contribution in [-0.2, 0) is 10.0 Å². The van der Waals surface area contributed by atoms with Crippen molar-refractivity contribution >= 4 is 21.7 Å². The number of piperidine rings is 1. The van der Waals surface area contributed by atoms with E-state index in [4.69, 9.17) is 4.74 Å². The summed E-state index contributed by atoms with van der Waals surface area (Å²) in [5.74, 6) is -5.23. The molecule has 3 fully saturated rings. The molecule has 1 aliphatic heterocycles. The summed E-state index contributed by atoms with van der Waals surface area (Å²) in [6, 6.07) is 5.01. The minimum Gasteiger partial charge on any atom is -0.435 e. The number of nitrogens with zero attached hydrogens (tertiary/aromatic N) is 3. The van der Waals surface area contributed by atoms with Crippen molar-refractivity contribution in [1.82, 2.24) is 20.3 Å². The second-order valence-electron chi connectivity index (χ2n) is 11.4. The lowest BCUT2D eigenvalue weighted by atomic mass is 9.87. The maximum atomic E-state index is 15.1. The summed E-state index contributed by atoms with van der Waals surface area (Å²) >= 11 is 0. The van der Waals surface area contributed by atoms with E-state index in [-0.39, 0.29) is 42.2 Å². The highest BCUT2D eigenvalue weighted by Gasteiger charge is 2.47. The van der Waals surface area contributed by atoms with Gasteiger partial charge < -0.3 is 15.4 Å². The molecule has 1 aromatic carbocycles. The van der Waals surface area contributed by atoms with Crippen LogP contribution in [0.4, 0.5) is 29.2 Å². The number of halogens is 4. The number of ether oxygens (including phenoxy) is 1. The number of benzene rings is 1. The Bertz CT molecular complexity index is 1590. The number of aromatic nitrogens is 3. The van der Waals surface area contributed by atoms with E-state index in [0.29, 0.717) is 24.2 Å². The second kappa shape index (κ2) is 11.3. The minimum atomic E-state index is -4.15. The molecule has 3 aromatic rings. The van der Waals surface area contributed by atoms with E-state index in [2.05, 4.69) is 25.6 Å². The lowest BCUT2D eigenvalue weighted by molar-refractivity contribution is 0.254. The van der Waals surface area contributed by atoms with Gasteiger partial charge in [-0.1, -0.05) is 0 Å². The second-order valence-corrected chi connectivity index (χ2v) is 13.1. The molecule has 2 bridgehead atoms. The number of hydrogen-bond acceptors (Lipinski definition) is 8. The fourth-order valence-corrected chi connectivity index (χ4v) is 8.16. The van der Waals surface area contributed by atoms with Crippen LogP contribution < -0.4 is 20.1 Å². The fraction of sp³-hybridized carbons (Fsp3) is 0.464. The first-order valence-electron chi connectivity index (χ1n) is 13.9. The van der Waals surface area contributed by atoms with Gasteiger partial charge in [-0.25, -0.2) is 36.5 Å². The van der Waals surface area contributed by atoms with Gasteiger partial charge in [0.1, 0.15) is 11.9 Å². The van der Waals surface area contributed by atoms with Gasteiger partial charge in [0, 0.05) is 44.0 Å². The molecular weight excluding hydrogens is 576 g/mol. The molecule has 9 nitrogen and oxygen atoms in total. The number of rotatable bonds is 9. The first-order chi connectivity index (χ1) is 20.1. The number of hydrogen-bond donors (Lipinski definition) is 3. The largest absolute Gasteiger partial charge is 0.435 e. The molecule has 2 saturated carbocycles. The number of fused-ring (bicyclic) bond motifs is 2. The molecule has 0 spiro atoms. The number of sulfonamides is 1. The average Bonchev–Trinajstić information content (AvgIpc) is 3.54. The van der Waals surface area contributed by atoms with Crippen molar-refractivity contribution in [2.45, 2.75) is 50.7 Å². The maximum Gasteiger partial charge on any atom is 0.233 e. The zero-order valence-electron chi connectivity index (χ0n) is 22.5. The molecule has 3 N–H and O–H groups in total. The molecule has 3 aliphatic rings. The molecule has 14 heteroatoms. The molecule has 0 unspecified atom stereocenters. The minimum absolute atomic E-state index is 0.201. The van der Waals surface area contributed by atoms with Crippen LogP contribution in [0.5, 0.6) is 11.6 Å². The molecule has 2 aliphatic carbocycles. The smallest absolute Gasteiger partial charge is 0.233 e. The Labute approximate surface area is 240 Å². The van der Waals surface area contributed by atoms with Crippen LogP contribution in [0.1, 0.15) is 38.5 Å². The summed E-state index contributed by atoms with van der Waals surface area (Å²) in [7, 11) is -4.15. The van der Waals surface area contributed by atoms with Crippen molar-refractivity contribution in [1.29, 1.82) is 0 Å². The van der Waals surface area contributed by atoms with Gasteiger partial charge in [0.15, 0.2) is 17.4 Å². The Balaban J connectivity index is 1.22. The van der Waals surface area contributed by atoms with Gasteiger partial charge in [0.25, 0.3) is 0 Å². The number of anilines is 2. The highest BCUT2D eigenvalue weighted by Crippen LogP contribution is 2.54. The molecule has 2 aromatic heterocycles. The van der Waals surface area contributed by atoms with Crippen molar-refractivity contribution in [2.24, 2.45) is 11.3 Å². The molecule has 224 valence electrons. The third kappa shape index (κ3) is 6.00. The molecule has 2 atom stereocenters. The van der Waals surface area contributed by atoms with Gasteiger partial charge in [-0.15, -0.1) is 0 Å². The Morgan fingerprint density at radius 1 is 1.07 bits per heavy atom. The number of alkyl halides is 1. The SMILES string of the molecule is O=S(=O)(CC12CCC(CC1)C2)Nc1c(F)cc(Oc2ncccc2-c2ccnc(N[C@@H]3CNC[C@@H](F)C3)n2)c(F)c1F. The zero-order chi connectivity index (χ0) is 29.5. The van der Waals surface area contributed by atoms with Crippen LogP contribution in [0.25, 0.3) is 11.3 Å². The van der Waals surface area contributed by atoms with Crippen LogP contribution in [0.2, 0.25) is 0 Å². The lowest BCUT2D eigenvalue weighted by Gasteiger charge is -2.26. The monoisotopic (exact) mass is 606 g/mol. The van der Waals surface area contributed by atoms with Crippen LogP contribution in [0.3, 0.4) is 0 Å². The van der Waals surface area contributed by atoms with Gasteiger partial charge in [-0.3, -0.25) is 4.72 Å². The Morgan fingerprint density at radius 3 is 2.62 bits per heavy atom. The van der Waals surface area contributed by atoms with E-state index < -0.39 is 50.5 Å². The molecule has 0 radical (unpaired) electrons. The Morgan fingerprint density at radius 2 is 1.88 bits per heavy atom. The van der Waals surface area contributed by atoms with Crippen LogP contribution in [-0.4, -0.2) is 54.4 Å². The third-order valence-corrected chi connectivity index (χ3v) is 9.81. The van der Waals surface area contributed by atoms with Gasteiger partial charge >= 0.3 is 0 Å². The van der Waals surface area contributed by atoms with Crippen molar-refractivity contribution in [3.05, 3.63) is 54.1 Å². The van der Waals surface area contributed by atoms with Crippen molar-refractivity contribution in [3.8, 4) is 22.9 Å². The van der Waals surface area contributed by atoms with E-state index in [1.54, 1.807) is 12.1 Å². The number of pyridine rings is 1. The molecule has 1 saturated heterocycles. The summed E-state index contributed by atoms with van der Waals surface area (Å²) in [4.78, 5) is 12.7. The highest BCUT2D eigenvalue weighted by atomic mass is 32.2. The Hall–Kier alpha value is -3.52. The first-order valence-corrected chi connectivity index (χ1v) is 15.5. The number of nitrogens with one attached hydrogen (secondary N) is 3. The van der Waals surface area contributed by atoms with E-state index in [1.807, 2.05) is 4.72 Å². The first kappa shape index (κ1) is 28.6. The normalized spacial score (nSPS) is 25.4. The predicted molar refractivity (Wildman–Crippen MR) is 148 cm³/mol. The van der Waals surface area contributed by atoms with Crippen LogP contribution >= 0.6 is 0 Å². The highest BCUT2D eigenvalue weighted by molar-refractivity contribution is 7.92. The van der Waals surface area contributed by atoms with Crippen molar-refractivity contribution < 1.29 is 30.7 Å². The average molecular weight is 607 g/mol. The summed E-state index contributed by atoms with van der Waals surface area (Å²) in [5.41, 5.74) is -0.921. The summed E-state index contributed by atoms with van der Waals surface area (Å²) in [6.45, 7) is 0.806. The predicted octanol–water partition coefficient (Wildman–Crippen LogP) is 5.18. The molecule has 6 rings (SSSR count).